The van der Waals surface area contributed by atoms with E-state index in [0.717, 1.165) is 24.6 Å². The maximum Gasteiger partial charge on any atom is 0.254 e. The van der Waals surface area contributed by atoms with Crippen molar-refractivity contribution < 1.29 is 13.6 Å². The van der Waals surface area contributed by atoms with Gasteiger partial charge < -0.3 is 10.2 Å². The van der Waals surface area contributed by atoms with E-state index < -0.39 is 11.6 Å². The highest BCUT2D eigenvalue weighted by Crippen LogP contribution is 2.15. The van der Waals surface area contributed by atoms with Crippen molar-refractivity contribution in [1.82, 2.24) is 10.2 Å². The molecule has 1 saturated heterocycles. The average molecular weight is 277 g/mol. The second kappa shape index (κ2) is 6.11. The van der Waals surface area contributed by atoms with Gasteiger partial charge in [-0.05, 0) is 25.6 Å². The van der Waals surface area contributed by atoms with Crippen LogP contribution in [0, 0.1) is 11.6 Å². The van der Waals surface area contributed by atoms with Gasteiger partial charge in [-0.25, -0.2) is 8.78 Å². The first kappa shape index (κ1) is 14.9. The Labute approximate surface area is 111 Å². The number of carbonyl (C=O) groups is 1. The van der Waals surface area contributed by atoms with Crippen molar-refractivity contribution in [3.8, 4) is 0 Å². The van der Waals surface area contributed by atoms with Gasteiger partial charge in [0.2, 0.25) is 0 Å². The van der Waals surface area contributed by atoms with E-state index in [9.17, 15) is 13.6 Å². The number of nitrogens with one attached hydrogen (secondary N) is 1. The van der Waals surface area contributed by atoms with E-state index in [4.69, 9.17) is 0 Å². The molecule has 1 heterocycles. The van der Waals surface area contributed by atoms with Crippen molar-refractivity contribution in [2.24, 2.45) is 0 Å². The second-order valence-electron chi connectivity index (χ2n) is 4.18. The lowest BCUT2D eigenvalue weighted by Gasteiger charge is -2.16. The van der Waals surface area contributed by atoms with Crippen LogP contribution in [-0.4, -0.2) is 37.0 Å². The Balaban J connectivity index is 0.00000162. The monoisotopic (exact) mass is 276 g/mol. The third-order valence-electron chi connectivity index (χ3n) is 2.99. The van der Waals surface area contributed by atoms with E-state index in [1.165, 1.54) is 0 Å². The molecule has 1 atom stereocenters. The number of nitrogens with zero attached hydrogens (tertiary/aromatic N) is 1. The van der Waals surface area contributed by atoms with E-state index in [2.05, 4.69) is 5.32 Å². The van der Waals surface area contributed by atoms with Crippen molar-refractivity contribution in [3.63, 3.8) is 0 Å². The molecule has 0 saturated carbocycles. The van der Waals surface area contributed by atoms with Crippen LogP contribution in [0.4, 0.5) is 8.78 Å². The largest absolute Gasteiger partial charge is 0.337 e. The van der Waals surface area contributed by atoms with Gasteiger partial charge in [0.25, 0.3) is 5.91 Å². The van der Waals surface area contributed by atoms with E-state index in [-0.39, 0.29) is 29.9 Å². The Hall–Kier alpha value is -1.20. The highest BCUT2D eigenvalue weighted by Gasteiger charge is 2.26. The summed E-state index contributed by atoms with van der Waals surface area (Å²) in [7, 11) is 1.83. The molecule has 1 unspecified atom stereocenters. The molecule has 1 fully saturated rings. The fourth-order valence-electron chi connectivity index (χ4n) is 2.04. The number of benzene rings is 1. The predicted octanol–water partition coefficient (Wildman–Crippen LogP) is 1.82. The fraction of sp³-hybridized carbons (Fsp3) is 0.417. The normalized spacial score (nSPS) is 18.6. The molecule has 1 amide bonds. The van der Waals surface area contributed by atoms with Gasteiger partial charge in [0.1, 0.15) is 11.6 Å². The van der Waals surface area contributed by atoms with Crippen molar-refractivity contribution in [3.05, 3.63) is 35.4 Å². The van der Waals surface area contributed by atoms with Crippen molar-refractivity contribution >= 4 is 18.3 Å². The van der Waals surface area contributed by atoms with Gasteiger partial charge in [-0.3, -0.25) is 4.79 Å². The summed E-state index contributed by atoms with van der Waals surface area (Å²) in [5.74, 6) is -1.77. The van der Waals surface area contributed by atoms with Gasteiger partial charge in [-0.2, -0.15) is 0 Å². The summed E-state index contributed by atoms with van der Waals surface area (Å²) in [6.07, 6.45) is 0.861. The Bertz CT molecular complexity index is 422. The maximum absolute atomic E-state index is 13.0. The molecule has 6 heteroatoms. The number of halogens is 3. The number of amides is 1. The van der Waals surface area contributed by atoms with Gasteiger partial charge in [-0.1, -0.05) is 0 Å². The Kier molecular flexibility index (Phi) is 5.04. The Morgan fingerprint density at radius 1 is 1.33 bits per heavy atom. The van der Waals surface area contributed by atoms with E-state index in [0.29, 0.717) is 13.1 Å². The standard InChI is InChI=1S/C12H14F2N2O.ClH/c1-15-11-2-3-16(7-11)12(17)8-4-9(13)6-10(14)5-8;/h4-6,11,15H,2-3,7H2,1H3;1H. The molecule has 0 aromatic heterocycles. The zero-order chi connectivity index (χ0) is 12.4. The lowest BCUT2D eigenvalue weighted by Crippen LogP contribution is -2.33. The van der Waals surface area contributed by atoms with Crippen LogP contribution in [0.2, 0.25) is 0 Å². The highest BCUT2D eigenvalue weighted by molar-refractivity contribution is 5.94. The Morgan fingerprint density at radius 2 is 1.94 bits per heavy atom. The van der Waals surface area contributed by atoms with E-state index in [1.807, 2.05) is 7.05 Å². The zero-order valence-corrected chi connectivity index (χ0v) is 10.8. The lowest BCUT2D eigenvalue weighted by atomic mass is 10.2. The van der Waals surface area contributed by atoms with Gasteiger partial charge in [-0.15, -0.1) is 12.4 Å². The molecular formula is C12H15ClF2N2O. The van der Waals surface area contributed by atoms with Crippen LogP contribution in [0.15, 0.2) is 18.2 Å². The molecule has 0 aliphatic carbocycles. The summed E-state index contributed by atoms with van der Waals surface area (Å²) in [6, 6.07) is 3.16. The Morgan fingerprint density at radius 3 is 2.44 bits per heavy atom. The maximum atomic E-state index is 13.0. The van der Waals surface area contributed by atoms with E-state index in [1.54, 1.807) is 4.90 Å². The summed E-state index contributed by atoms with van der Waals surface area (Å²) in [5.41, 5.74) is 0.0688. The first-order chi connectivity index (χ1) is 8.10. The number of likely N-dealkylation sites (N-methyl/N-ethyl adjacent to an activating group) is 1. The van der Waals surface area contributed by atoms with Crippen LogP contribution in [0.5, 0.6) is 0 Å². The first-order valence-corrected chi connectivity index (χ1v) is 5.53. The zero-order valence-electron chi connectivity index (χ0n) is 9.95. The molecule has 18 heavy (non-hydrogen) atoms. The van der Waals surface area contributed by atoms with Crippen LogP contribution in [0.25, 0.3) is 0 Å². The molecule has 0 spiro atoms. The minimum absolute atomic E-state index is 0. The molecule has 1 aromatic rings. The third-order valence-corrected chi connectivity index (χ3v) is 2.99. The molecular weight excluding hydrogens is 262 g/mol. The molecule has 1 aliphatic heterocycles. The summed E-state index contributed by atoms with van der Waals surface area (Å²) >= 11 is 0. The lowest BCUT2D eigenvalue weighted by molar-refractivity contribution is 0.0788. The number of carbonyl (C=O) groups excluding carboxylic acids is 1. The van der Waals surface area contributed by atoms with Crippen molar-refractivity contribution in [1.29, 1.82) is 0 Å². The molecule has 1 aromatic carbocycles. The average Bonchev–Trinajstić information content (AvgIpc) is 2.75. The quantitative estimate of drug-likeness (QED) is 0.894. The van der Waals surface area contributed by atoms with Crippen molar-refractivity contribution in [2.75, 3.05) is 20.1 Å². The fourth-order valence-corrected chi connectivity index (χ4v) is 2.04. The van der Waals surface area contributed by atoms with E-state index >= 15 is 0 Å². The summed E-state index contributed by atoms with van der Waals surface area (Å²) in [5, 5.41) is 3.08. The smallest absolute Gasteiger partial charge is 0.254 e. The van der Waals surface area contributed by atoms with Gasteiger partial charge >= 0.3 is 0 Å². The SMILES string of the molecule is CNC1CCN(C(=O)c2cc(F)cc(F)c2)C1.Cl. The van der Waals surface area contributed by atoms with Crippen LogP contribution < -0.4 is 5.32 Å². The molecule has 0 radical (unpaired) electrons. The molecule has 100 valence electrons. The summed E-state index contributed by atoms with van der Waals surface area (Å²) < 4.78 is 26.0. The molecule has 3 nitrogen and oxygen atoms in total. The van der Waals surface area contributed by atoms with Gasteiger partial charge in [0, 0.05) is 30.8 Å². The summed E-state index contributed by atoms with van der Waals surface area (Å²) in [6.45, 7) is 1.19. The number of hydrogen-bond donors (Lipinski definition) is 1. The van der Waals surface area contributed by atoms with Crippen LogP contribution in [0.3, 0.4) is 0 Å². The van der Waals surface area contributed by atoms with Crippen molar-refractivity contribution in [2.45, 2.75) is 12.5 Å². The first-order valence-electron chi connectivity index (χ1n) is 5.53. The van der Waals surface area contributed by atoms with Gasteiger partial charge in [0.05, 0.1) is 0 Å². The minimum atomic E-state index is -0.724. The second-order valence-corrected chi connectivity index (χ2v) is 4.18. The predicted molar refractivity (Wildman–Crippen MR) is 67.0 cm³/mol. The minimum Gasteiger partial charge on any atom is -0.337 e. The van der Waals surface area contributed by atoms with Gasteiger partial charge in [0.15, 0.2) is 0 Å². The molecule has 1 N–H and O–H groups in total. The topological polar surface area (TPSA) is 32.3 Å². The highest BCUT2D eigenvalue weighted by atomic mass is 35.5. The number of rotatable bonds is 2. The molecule has 1 aliphatic rings. The number of likely N-dealkylation sites (tertiary alicyclic amines) is 1. The summed E-state index contributed by atoms with van der Waals surface area (Å²) in [4.78, 5) is 13.6. The van der Waals surface area contributed by atoms with Crippen LogP contribution in [-0.2, 0) is 0 Å². The molecule has 0 bridgehead atoms. The third kappa shape index (κ3) is 3.17. The molecule has 2 rings (SSSR count). The number of hydrogen-bond acceptors (Lipinski definition) is 2. The van der Waals surface area contributed by atoms with Crippen LogP contribution >= 0.6 is 12.4 Å². The van der Waals surface area contributed by atoms with Crippen LogP contribution in [0.1, 0.15) is 16.8 Å².